The van der Waals surface area contributed by atoms with Gasteiger partial charge >= 0.3 is 0 Å². The van der Waals surface area contributed by atoms with Gasteiger partial charge in [0.2, 0.25) is 5.92 Å². The molecule has 0 atom stereocenters. The highest BCUT2D eigenvalue weighted by Crippen LogP contribution is 2.17. The molecular formula is C7H8F2N4. The molecule has 0 aliphatic rings. The van der Waals surface area contributed by atoms with Crippen LogP contribution in [0.3, 0.4) is 0 Å². The van der Waals surface area contributed by atoms with Crippen LogP contribution in [0.15, 0.2) is 6.20 Å². The third kappa shape index (κ3) is 2.78. The Bertz CT molecular complexity index is 320. The summed E-state index contributed by atoms with van der Waals surface area (Å²) in [4.78, 5) is 0. The Morgan fingerprint density at radius 1 is 1.69 bits per heavy atom. The highest BCUT2D eigenvalue weighted by atomic mass is 19.3. The predicted molar refractivity (Wildman–Crippen MR) is 40.0 cm³/mol. The zero-order chi connectivity index (χ0) is 9.90. The number of halogens is 2. The number of nitriles is 1. The summed E-state index contributed by atoms with van der Waals surface area (Å²) in [5.41, 5.74) is 0.198. The lowest BCUT2D eigenvalue weighted by Crippen LogP contribution is -2.15. The number of aryl methyl sites for hydroxylation is 1. The first-order valence-electron chi connectivity index (χ1n) is 3.69. The summed E-state index contributed by atoms with van der Waals surface area (Å²) in [7, 11) is 0. The van der Waals surface area contributed by atoms with E-state index in [9.17, 15) is 8.78 Å². The largest absolute Gasteiger partial charge is 0.247 e. The SMILES string of the molecule is CC(F)(F)CCn1nncc1C#N. The van der Waals surface area contributed by atoms with E-state index >= 15 is 0 Å². The second-order valence-electron chi connectivity index (χ2n) is 2.77. The fourth-order valence-corrected chi connectivity index (χ4v) is 0.812. The van der Waals surface area contributed by atoms with Gasteiger partial charge in [-0.15, -0.1) is 5.10 Å². The number of alkyl halides is 2. The molecule has 0 unspecified atom stereocenters. The number of rotatable bonds is 3. The maximum Gasteiger partial charge on any atom is 0.247 e. The summed E-state index contributed by atoms with van der Waals surface area (Å²) < 4.78 is 26.0. The summed E-state index contributed by atoms with van der Waals surface area (Å²) in [6, 6.07) is 1.80. The maximum atomic E-state index is 12.4. The molecule has 0 amide bonds. The van der Waals surface area contributed by atoms with Crippen LogP contribution in [-0.2, 0) is 6.54 Å². The van der Waals surface area contributed by atoms with Crippen molar-refractivity contribution < 1.29 is 8.78 Å². The van der Waals surface area contributed by atoms with Gasteiger partial charge in [0.15, 0.2) is 5.69 Å². The molecule has 1 aromatic rings. The molecule has 70 valence electrons. The summed E-state index contributed by atoms with van der Waals surface area (Å²) in [5, 5.41) is 15.4. The highest BCUT2D eigenvalue weighted by Gasteiger charge is 2.21. The number of hydrogen-bond donors (Lipinski definition) is 0. The first-order chi connectivity index (χ1) is 6.03. The zero-order valence-corrected chi connectivity index (χ0v) is 7.04. The Morgan fingerprint density at radius 3 is 2.92 bits per heavy atom. The number of hydrogen-bond acceptors (Lipinski definition) is 3. The molecule has 0 bridgehead atoms. The van der Waals surface area contributed by atoms with Gasteiger partial charge in [0.1, 0.15) is 6.07 Å². The summed E-state index contributed by atoms with van der Waals surface area (Å²) in [5.74, 6) is -2.74. The van der Waals surface area contributed by atoms with Crippen molar-refractivity contribution in [1.82, 2.24) is 15.0 Å². The molecule has 4 nitrogen and oxygen atoms in total. The molecule has 0 spiro atoms. The molecule has 6 heteroatoms. The van der Waals surface area contributed by atoms with E-state index in [1.807, 2.05) is 0 Å². The van der Waals surface area contributed by atoms with Crippen LogP contribution in [0.2, 0.25) is 0 Å². The van der Waals surface area contributed by atoms with Crippen LogP contribution in [0.5, 0.6) is 0 Å². The molecule has 1 rings (SSSR count). The van der Waals surface area contributed by atoms with Gasteiger partial charge in [0.05, 0.1) is 6.20 Å². The topological polar surface area (TPSA) is 54.5 Å². The maximum absolute atomic E-state index is 12.4. The first kappa shape index (κ1) is 9.58. The number of nitrogens with zero attached hydrogens (tertiary/aromatic N) is 4. The van der Waals surface area contributed by atoms with Crippen LogP contribution in [0, 0.1) is 11.3 Å². The van der Waals surface area contributed by atoms with Crippen LogP contribution >= 0.6 is 0 Å². The van der Waals surface area contributed by atoms with Crippen LogP contribution < -0.4 is 0 Å². The Labute approximate surface area is 73.8 Å². The van der Waals surface area contributed by atoms with Crippen molar-refractivity contribution in [1.29, 1.82) is 5.26 Å². The van der Waals surface area contributed by atoms with Crippen LogP contribution in [0.1, 0.15) is 19.0 Å². The van der Waals surface area contributed by atoms with Crippen LogP contribution in [-0.4, -0.2) is 20.9 Å². The van der Waals surface area contributed by atoms with Crippen molar-refractivity contribution in [3.05, 3.63) is 11.9 Å². The molecule has 0 saturated carbocycles. The highest BCUT2D eigenvalue weighted by molar-refractivity contribution is 5.14. The van der Waals surface area contributed by atoms with Crippen molar-refractivity contribution >= 4 is 0 Å². The third-order valence-electron chi connectivity index (χ3n) is 1.49. The van der Waals surface area contributed by atoms with E-state index < -0.39 is 5.92 Å². The normalized spacial score (nSPS) is 11.2. The minimum absolute atomic E-state index is 0.00634. The predicted octanol–water partition coefficient (Wildman–Crippen LogP) is 1.20. The van der Waals surface area contributed by atoms with E-state index in [0.717, 1.165) is 11.6 Å². The Kier molecular flexibility index (Phi) is 2.56. The van der Waals surface area contributed by atoms with Gasteiger partial charge in [-0.3, -0.25) is 0 Å². The van der Waals surface area contributed by atoms with Crippen LogP contribution in [0.25, 0.3) is 0 Å². The second-order valence-corrected chi connectivity index (χ2v) is 2.77. The van der Waals surface area contributed by atoms with E-state index in [1.165, 1.54) is 6.20 Å². The van der Waals surface area contributed by atoms with Gasteiger partial charge < -0.3 is 0 Å². The van der Waals surface area contributed by atoms with Crippen molar-refractivity contribution in [2.45, 2.75) is 25.8 Å². The molecule has 0 saturated heterocycles. The lowest BCUT2D eigenvalue weighted by Gasteiger charge is -2.09. The van der Waals surface area contributed by atoms with Gasteiger partial charge in [-0.25, -0.2) is 13.5 Å². The molecule has 1 aromatic heterocycles. The molecule has 0 aliphatic heterocycles. The Morgan fingerprint density at radius 2 is 2.38 bits per heavy atom. The monoisotopic (exact) mass is 186 g/mol. The molecule has 0 fully saturated rings. The van der Waals surface area contributed by atoms with Gasteiger partial charge in [-0.05, 0) is 6.92 Å². The van der Waals surface area contributed by atoms with Crippen molar-refractivity contribution in [2.75, 3.05) is 0 Å². The third-order valence-corrected chi connectivity index (χ3v) is 1.49. The number of aromatic nitrogens is 3. The van der Waals surface area contributed by atoms with E-state index in [4.69, 9.17) is 5.26 Å². The van der Waals surface area contributed by atoms with Crippen LogP contribution in [0.4, 0.5) is 8.78 Å². The van der Waals surface area contributed by atoms with Gasteiger partial charge in [0.25, 0.3) is 0 Å². The lowest BCUT2D eigenvalue weighted by atomic mass is 10.3. The molecule has 0 radical (unpaired) electrons. The standard InChI is InChI=1S/C7H8F2N4/c1-7(8,9)2-3-13-6(4-10)5-11-12-13/h5H,2-3H2,1H3. The Hall–Kier alpha value is -1.51. The van der Waals surface area contributed by atoms with E-state index in [2.05, 4.69) is 10.3 Å². The summed E-state index contributed by atoms with van der Waals surface area (Å²) in [6.45, 7) is 0.836. The lowest BCUT2D eigenvalue weighted by molar-refractivity contribution is 0.00761. The minimum Gasteiger partial charge on any atom is -0.234 e. The fourth-order valence-electron chi connectivity index (χ4n) is 0.812. The minimum atomic E-state index is -2.74. The van der Waals surface area contributed by atoms with E-state index in [-0.39, 0.29) is 18.7 Å². The average molecular weight is 186 g/mol. The molecular weight excluding hydrogens is 178 g/mol. The zero-order valence-electron chi connectivity index (χ0n) is 7.04. The van der Waals surface area contributed by atoms with Gasteiger partial charge in [-0.1, -0.05) is 5.21 Å². The summed E-state index contributed by atoms with van der Waals surface area (Å²) in [6.07, 6.45) is 0.902. The van der Waals surface area contributed by atoms with E-state index in [1.54, 1.807) is 6.07 Å². The average Bonchev–Trinajstić information content (AvgIpc) is 2.46. The van der Waals surface area contributed by atoms with Gasteiger partial charge in [0, 0.05) is 13.0 Å². The Balaban J connectivity index is 2.61. The summed E-state index contributed by atoms with van der Waals surface area (Å²) >= 11 is 0. The molecule has 0 N–H and O–H groups in total. The van der Waals surface area contributed by atoms with Crippen molar-refractivity contribution in [3.63, 3.8) is 0 Å². The smallest absolute Gasteiger partial charge is 0.234 e. The molecule has 0 aliphatic carbocycles. The molecule has 13 heavy (non-hydrogen) atoms. The second kappa shape index (κ2) is 3.47. The fraction of sp³-hybridized carbons (Fsp3) is 0.571. The van der Waals surface area contributed by atoms with Crippen molar-refractivity contribution in [2.24, 2.45) is 0 Å². The quantitative estimate of drug-likeness (QED) is 0.712. The van der Waals surface area contributed by atoms with Gasteiger partial charge in [-0.2, -0.15) is 5.26 Å². The first-order valence-corrected chi connectivity index (χ1v) is 3.69. The van der Waals surface area contributed by atoms with Crippen molar-refractivity contribution in [3.8, 4) is 6.07 Å². The molecule has 0 aromatic carbocycles. The molecule has 1 heterocycles. The van der Waals surface area contributed by atoms with E-state index in [0.29, 0.717) is 0 Å².